The zero-order chi connectivity index (χ0) is 14.7. The molecule has 0 saturated carbocycles. The van der Waals surface area contributed by atoms with Crippen LogP contribution in [0, 0.1) is 0 Å². The summed E-state index contributed by atoms with van der Waals surface area (Å²) in [5.41, 5.74) is 9.36. The van der Waals surface area contributed by atoms with Crippen LogP contribution >= 0.6 is 0 Å². The summed E-state index contributed by atoms with van der Waals surface area (Å²) >= 11 is 0. The first-order chi connectivity index (χ1) is 10.3. The number of benzene rings is 1. The number of fused-ring (bicyclic) bond motifs is 1. The standard InChI is InChI=1S/C17H21N3O/c1-2-9-21-17-15(18)7-8-16(20-17)19-11-13-10-12-5-3-4-6-14(12)13/h3-8,13H,2,9-11,18H2,1H3,(H,19,20). The minimum Gasteiger partial charge on any atom is -0.476 e. The Morgan fingerprint density at radius 3 is 2.95 bits per heavy atom. The summed E-state index contributed by atoms with van der Waals surface area (Å²) in [6.45, 7) is 3.59. The first-order valence-corrected chi connectivity index (χ1v) is 7.49. The maximum Gasteiger partial charge on any atom is 0.239 e. The number of hydrogen-bond acceptors (Lipinski definition) is 4. The second-order valence-corrected chi connectivity index (χ2v) is 5.42. The van der Waals surface area contributed by atoms with Crippen LogP contribution in [0.25, 0.3) is 0 Å². The number of hydrogen-bond donors (Lipinski definition) is 2. The molecule has 0 saturated heterocycles. The van der Waals surface area contributed by atoms with Gasteiger partial charge in [-0.25, -0.2) is 0 Å². The molecule has 0 spiro atoms. The van der Waals surface area contributed by atoms with Gasteiger partial charge in [-0.3, -0.25) is 0 Å². The number of aromatic nitrogens is 1. The number of anilines is 2. The third kappa shape index (κ3) is 2.94. The molecule has 3 N–H and O–H groups in total. The van der Waals surface area contributed by atoms with Crippen molar-refractivity contribution in [3.63, 3.8) is 0 Å². The van der Waals surface area contributed by atoms with Crippen LogP contribution in [0.1, 0.15) is 30.4 Å². The lowest BCUT2D eigenvalue weighted by Crippen LogP contribution is -2.24. The summed E-state index contributed by atoms with van der Waals surface area (Å²) in [5.74, 6) is 1.91. The predicted molar refractivity (Wildman–Crippen MR) is 85.8 cm³/mol. The lowest BCUT2D eigenvalue weighted by molar-refractivity contribution is 0.307. The topological polar surface area (TPSA) is 60.2 Å². The lowest BCUT2D eigenvalue weighted by atomic mass is 9.77. The largest absolute Gasteiger partial charge is 0.476 e. The Morgan fingerprint density at radius 1 is 1.29 bits per heavy atom. The van der Waals surface area contributed by atoms with Crippen molar-refractivity contribution in [2.45, 2.75) is 25.7 Å². The van der Waals surface area contributed by atoms with E-state index in [1.807, 2.05) is 12.1 Å². The molecule has 1 aliphatic rings. The van der Waals surface area contributed by atoms with E-state index in [2.05, 4.69) is 41.5 Å². The predicted octanol–water partition coefficient (Wildman–Crippen LogP) is 3.20. The summed E-state index contributed by atoms with van der Waals surface area (Å²) in [5, 5.41) is 3.38. The van der Waals surface area contributed by atoms with Gasteiger partial charge in [-0.1, -0.05) is 31.2 Å². The Balaban J connectivity index is 1.61. The molecule has 0 radical (unpaired) electrons. The van der Waals surface area contributed by atoms with E-state index in [0.717, 1.165) is 25.2 Å². The quantitative estimate of drug-likeness (QED) is 0.854. The zero-order valence-corrected chi connectivity index (χ0v) is 12.3. The number of nitrogens with two attached hydrogens (primary N) is 1. The van der Waals surface area contributed by atoms with Crippen LogP contribution in [-0.2, 0) is 6.42 Å². The second-order valence-electron chi connectivity index (χ2n) is 5.42. The van der Waals surface area contributed by atoms with Gasteiger partial charge in [0.1, 0.15) is 5.82 Å². The summed E-state index contributed by atoms with van der Waals surface area (Å²) in [6.07, 6.45) is 2.08. The van der Waals surface area contributed by atoms with Gasteiger partial charge in [-0.15, -0.1) is 0 Å². The minimum atomic E-state index is 0.524. The molecule has 110 valence electrons. The lowest BCUT2D eigenvalue weighted by Gasteiger charge is -2.30. The van der Waals surface area contributed by atoms with E-state index in [0.29, 0.717) is 24.1 Å². The highest BCUT2D eigenvalue weighted by Gasteiger charge is 2.24. The van der Waals surface area contributed by atoms with Crippen molar-refractivity contribution >= 4 is 11.5 Å². The molecule has 4 heteroatoms. The number of rotatable bonds is 6. The van der Waals surface area contributed by atoms with Gasteiger partial charge in [-0.05, 0) is 36.1 Å². The molecule has 1 atom stereocenters. The van der Waals surface area contributed by atoms with Gasteiger partial charge in [0.25, 0.3) is 0 Å². The van der Waals surface area contributed by atoms with E-state index < -0.39 is 0 Å². The molecule has 1 heterocycles. The van der Waals surface area contributed by atoms with Crippen LogP contribution in [0.2, 0.25) is 0 Å². The fourth-order valence-electron chi connectivity index (χ4n) is 2.64. The fourth-order valence-corrected chi connectivity index (χ4v) is 2.64. The van der Waals surface area contributed by atoms with Gasteiger partial charge in [0.15, 0.2) is 0 Å². The van der Waals surface area contributed by atoms with E-state index in [-0.39, 0.29) is 0 Å². The van der Waals surface area contributed by atoms with Crippen molar-refractivity contribution in [2.24, 2.45) is 0 Å². The Hall–Kier alpha value is -2.23. The van der Waals surface area contributed by atoms with Crippen LogP contribution in [0.5, 0.6) is 5.88 Å². The molecule has 0 fully saturated rings. The van der Waals surface area contributed by atoms with Crippen molar-refractivity contribution in [3.8, 4) is 5.88 Å². The molecular weight excluding hydrogens is 262 g/mol. The molecule has 2 aromatic rings. The van der Waals surface area contributed by atoms with Gasteiger partial charge in [-0.2, -0.15) is 4.98 Å². The number of nitrogens with zero attached hydrogens (tertiary/aromatic N) is 1. The summed E-state index contributed by atoms with van der Waals surface area (Å²) in [7, 11) is 0. The highest BCUT2D eigenvalue weighted by molar-refractivity contribution is 5.54. The van der Waals surface area contributed by atoms with E-state index >= 15 is 0 Å². The Labute approximate surface area is 125 Å². The molecular formula is C17H21N3O. The Morgan fingerprint density at radius 2 is 2.14 bits per heavy atom. The van der Waals surface area contributed by atoms with Crippen molar-refractivity contribution in [3.05, 3.63) is 47.5 Å². The number of pyridine rings is 1. The highest BCUT2D eigenvalue weighted by Crippen LogP contribution is 2.34. The maximum absolute atomic E-state index is 5.87. The zero-order valence-electron chi connectivity index (χ0n) is 12.3. The van der Waals surface area contributed by atoms with E-state index in [1.165, 1.54) is 11.1 Å². The van der Waals surface area contributed by atoms with Gasteiger partial charge >= 0.3 is 0 Å². The molecule has 1 unspecified atom stereocenters. The molecule has 0 bridgehead atoms. The average Bonchev–Trinajstić information content (AvgIpc) is 2.48. The van der Waals surface area contributed by atoms with Crippen molar-refractivity contribution in [1.29, 1.82) is 0 Å². The molecule has 21 heavy (non-hydrogen) atoms. The molecule has 1 aromatic heterocycles. The van der Waals surface area contributed by atoms with Crippen LogP contribution in [-0.4, -0.2) is 18.1 Å². The average molecular weight is 283 g/mol. The van der Waals surface area contributed by atoms with E-state index in [1.54, 1.807) is 0 Å². The molecule has 1 aromatic carbocycles. The van der Waals surface area contributed by atoms with Crippen LogP contribution < -0.4 is 15.8 Å². The Bertz CT molecular complexity index is 627. The molecule has 0 amide bonds. The van der Waals surface area contributed by atoms with Crippen molar-refractivity contribution in [2.75, 3.05) is 24.2 Å². The van der Waals surface area contributed by atoms with Crippen LogP contribution in [0.15, 0.2) is 36.4 Å². The van der Waals surface area contributed by atoms with Gasteiger partial charge in [0.2, 0.25) is 5.88 Å². The summed E-state index contributed by atoms with van der Waals surface area (Å²) in [4.78, 5) is 4.44. The summed E-state index contributed by atoms with van der Waals surface area (Å²) in [6, 6.07) is 12.3. The third-order valence-electron chi connectivity index (χ3n) is 3.82. The second kappa shape index (κ2) is 6.04. The first-order valence-electron chi connectivity index (χ1n) is 7.49. The van der Waals surface area contributed by atoms with Crippen LogP contribution in [0.4, 0.5) is 11.5 Å². The normalized spacial score (nSPS) is 16.0. The van der Waals surface area contributed by atoms with Gasteiger partial charge in [0, 0.05) is 12.5 Å². The van der Waals surface area contributed by atoms with Gasteiger partial charge in [0.05, 0.1) is 12.3 Å². The first kappa shape index (κ1) is 13.7. The number of nitrogen functional groups attached to an aromatic ring is 1. The fraction of sp³-hybridized carbons (Fsp3) is 0.353. The molecule has 1 aliphatic carbocycles. The molecule has 0 aliphatic heterocycles. The highest BCUT2D eigenvalue weighted by atomic mass is 16.5. The SMILES string of the molecule is CCCOc1nc(NCC2Cc3ccccc32)ccc1N. The van der Waals surface area contributed by atoms with Crippen molar-refractivity contribution < 1.29 is 4.74 Å². The van der Waals surface area contributed by atoms with E-state index in [9.17, 15) is 0 Å². The van der Waals surface area contributed by atoms with Crippen molar-refractivity contribution in [1.82, 2.24) is 4.98 Å². The monoisotopic (exact) mass is 283 g/mol. The maximum atomic E-state index is 5.87. The molecule has 3 rings (SSSR count). The third-order valence-corrected chi connectivity index (χ3v) is 3.82. The van der Waals surface area contributed by atoms with Gasteiger partial charge < -0.3 is 15.8 Å². The summed E-state index contributed by atoms with van der Waals surface area (Å²) < 4.78 is 5.55. The number of nitrogens with one attached hydrogen (secondary N) is 1. The van der Waals surface area contributed by atoms with E-state index in [4.69, 9.17) is 10.5 Å². The molecule has 4 nitrogen and oxygen atoms in total. The number of ether oxygens (including phenoxy) is 1. The smallest absolute Gasteiger partial charge is 0.239 e. The Kier molecular flexibility index (Phi) is 3.95. The van der Waals surface area contributed by atoms with Crippen LogP contribution in [0.3, 0.4) is 0 Å². The minimum absolute atomic E-state index is 0.524.